The molecule has 6 nitrogen and oxygen atoms in total. The molecule has 0 spiro atoms. The minimum Gasteiger partial charge on any atom is -0.395 e. The van der Waals surface area contributed by atoms with Gasteiger partial charge in [0, 0.05) is 17.0 Å². The number of aromatic amines is 1. The van der Waals surface area contributed by atoms with Crippen LogP contribution in [-0.2, 0) is 4.79 Å². The maximum atomic E-state index is 12.1. The lowest BCUT2D eigenvalue weighted by Crippen LogP contribution is -2.27. The van der Waals surface area contributed by atoms with Crippen molar-refractivity contribution < 1.29 is 9.90 Å². The summed E-state index contributed by atoms with van der Waals surface area (Å²) < 4.78 is 0. The number of aliphatic hydroxyl groups is 1. The van der Waals surface area contributed by atoms with E-state index in [1.54, 1.807) is 6.92 Å². The normalized spacial score (nSPS) is 10.9. The topological polar surface area (TPSA) is 95.1 Å². The Morgan fingerprint density at radius 1 is 1.50 bits per heavy atom. The third-order valence-electron chi connectivity index (χ3n) is 2.77. The van der Waals surface area contributed by atoms with Crippen LogP contribution in [0.1, 0.15) is 10.4 Å². The van der Waals surface area contributed by atoms with Gasteiger partial charge in [-0.1, -0.05) is 11.8 Å². The van der Waals surface area contributed by atoms with Crippen LogP contribution < -0.4 is 10.7 Å². The van der Waals surface area contributed by atoms with Gasteiger partial charge in [0.15, 0.2) is 5.16 Å². The van der Waals surface area contributed by atoms with E-state index in [-0.39, 0.29) is 30.2 Å². The van der Waals surface area contributed by atoms with Gasteiger partial charge in [-0.3, -0.25) is 9.59 Å². The number of thioether (sulfide) groups is 1. The first-order valence-electron chi connectivity index (χ1n) is 6.03. The fourth-order valence-corrected chi connectivity index (χ4v) is 3.26. The summed E-state index contributed by atoms with van der Waals surface area (Å²) in [5.41, 5.74) is 1.18. The molecule has 0 unspecified atom stereocenters. The maximum absolute atomic E-state index is 12.1. The van der Waals surface area contributed by atoms with Gasteiger partial charge in [0.25, 0.3) is 0 Å². The second-order valence-electron chi connectivity index (χ2n) is 4.20. The molecule has 2 heterocycles. The quantitative estimate of drug-likeness (QED) is 0.710. The number of aromatic nitrogens is 2. The van der Waals surface area contributed by atoms with Gasteiger partial charge >= 0.3 is 0 Å². The molecule has 1 amide bonds. The van der Waals surface area contributed by atoms with Gasteiger partial charge in [0.1, 0.15) is 10.3 Å². The second kappa shape index (κ2) is 6.38. The van der Waals surface area contributed by atoms with Crippen LogP contribution in [0, 0.1) is 13.8 Å². The number of hydrogen-bond acceptors (Lipinski definition) is 6. The molecule has 0 saturated heterocycles. The summed E-state index contributed by atoms with van der Waals surface area (Å²) in [5, 5.41) is 11.7. The van der Waals surface area contributed by atoms with E-state index in [2.05, 4.69) is 15.3 Å². The number of aliphatic hydroxyl groups excluding tert-OH is 1. The molecular formula is C12H15N3O3S2. The van der Waals surface area contributed by atoms with Crippen molar-refractivity contribution in [2.75, 3.05) is 18.9 Å². The number of carbonyl (C=O) groups is 1. The third kappa shape index (κ3) is 3.20. The number of amides is 1. The van der Waals surface area contributed by atoms with Crippen LogP contribution in [0.5, 0.6) is 0 Å². The van der Waals surface area contributed by atoms with E-state index < -0.39 is 0 Å². The first-order valence-corrected chi connectivity index (χ1v) is 7.83. The van der Waals surface area contributed by atoms with Gasteiger partial charge in [-0.15, -0.1) is 11.3 Å². The maximum Gasteiger partial charge on any atom is 0.230 e. The minimum atomic E-state index is -0.178. The first kappa shape index (κ1) is 15.0. The number of rotatable bonds is 5. The van der Waals surface area contributed by atoms with Crippen molar-refractivity contribution in [3.8, 4) is 0 Å². The fourth-order valence-electron chi connectivity index (χ4n) is 1.58. The molecule has 2 aromatic rings. The Hall–Kier alpha value is -1.38. The van der Waals surface area contributed by atoms with Crippen LogP contribution in [0.3, 0.4) is 0 Å². The van der Waals surface area contributed by atoms with Crippen molar-refractivity contribution in [3.05, 3.63) is 20.7 Å². The van der Waals surface area contributed by atoms with Gasteiger partial charge < -0.3 is 15.4 Å². The summed E-state index contributed by atoms with van der Waals surface area (Å²) in [6.45, 7) is 3.85. The molecule has 3 N–H and O–H groups in total. The predicted molar refractivity (Wildman–Crippen MR) is 80.5 cm³/mol. The Balaban J connectivity index is 2.15. The molecule has 0 aliphatic heterocycles. The van der Waals surface area contributed by atoms with E-state index in [1.807, 2.05) is 6.92 Å². The molecule has 20 heavy (non-hydrogen) atoms. The molecule has 2 aromatic heterocycles. The van der Waals surface area contributed by atoms with Gasteiger partial charge in [-0.25, -0.2) is 4.98 Å². The van der Waals surface area contributed by atoms with E-state index in [9.17, 15) is 9.59 Å². The fraction of sp³-hybridized carbons (Fsp3) is 0.417. The van der Waals surface area contributed by atoms with Crippen LogP contribution >= 0.6 is 23.1 Å². The second-order valence-corrected chi connectivity index (χ2v) is 6.36. The highest BCUT2D eigenvalue weighted by atomic mass is 32.2. The van der Waals surface area contributed by atoms with Crippen molar-refractivity contribution in [2.45, 2.75) is 19.0 Å². The molecule has 8 heteroatoms. The average molecular weight is 313 g/mol. The van der Waals surface area contributed by atoms with Crippen molar-refractivity contribution in [1.29, 1.82) is 0 Å². The summed E-state index contributed by atoms with van der Waals surface area (Å²) in [6, 6.07) is 0. The smallest absolute Gasteiger partial charge is 0.230 e. The zero-order valence-electron chi connectivity index (χ0n) is 11.1. The molecule has 0 aliphatic carbocycles. The minimum absolute atomic E-state index is 0.0414. The van der Waals surface area contributed by atoms with Crippen molar-refractivity contribution in [3.63, 3.8) is 0 Å². The number of aryl methyl sites for hydroxylation is 1. The van der Waals surface area contributed by atoms with E-state index in [4.69, 9.17) is 5.11 Å². The highest BCUT2D eigenvalue weighted by Gasteiger charge is 2.12. The first-order chi connectivity index (χ1) is 9.52. The van der Waals surface area contributed by atoms with E-state index >= 15 is 0 Å². The molecular weight excluding hydrogens is 298 g/mol. The van der Waals surface area contributed by atoms with E-state index in [0.717, 1.165) is 10.4 Å². The molecule has 108 valence electrons. The molecule has 0 fully saturated rings. The lowest BCUT2D eigenvalue weighted by atomic mass is 10.3. The zero-order valence-corrected chi connectivity index (χ0v) is 12.8. The monoisotopic (exact) mass is 313 g/mol. The Morgan fingerprint density at radius 3 is 2.95 bits per heavy atom. The third-order valence-corrected chi connectivity index (χ3v) is 4.74. The molecule has 0 radical (unpaired) electrons. The van der Waals surface area contributed by atoms with Gasteiger partial charge in [-0.05, 0) is 13.8 Å². The lowest BCUT2D eigenvalue weighted by molar-refractivity contribution is -0.118. The highest BCUT2D eigenvalue weighted by molar-refractivity contribution is 7.99. The van der Waals surface area contributed by atoms with Crippen LogP contribution in [0.4, 0.5) is 0 Å². The standard InChI is InChI=1S/C12H15N3O3S2/c1-6-7(2)20-11-9(10(6)18)14-12(15-11)19-5-8(17)13-3-4-16/h16H,3-5H2,1-2H3,(H,13,17)(H,14,15). The summed E-state index contributed by atoms with van der Waals surface area (Å²) in [6.07, 6.45) is 0. The Morgan fingerprint density at radius 2 is 2.25 bits per heavy atom. The number of nitrogens with zero attached hydrogens (tertiary/aromatic N) is 1. The van der Waals surface area contributed by atoms with Crippen LogP contribution in [0.15, 0.2) is 9.95 Å². The lowest BCUT2D eigenvalue weighted by Gasteiger charge is -2.00. The zero-order chi connectivity index (χ0) is 14.7. The average Bonchev–Trinajstić information content (AvgIpc) is 2.83. The molecule has 0 aromatic carbocycles. The summed E-state index contributed by atoms with van der Waals surface area (Å²) in [7, 11) is 0. The summed E-state index contributed by atoms with van der Waals surface area (Å²) in [5.74, 6) is 0.0132. The summed E-state index contributed by atoms with van der Waals surface area (Å²) >= 11 is 2.69. The number of fused-ring (bicyclic) bond motifs is 1. The number of imidazole rings is 1. The SMILES string of the molecule is Cc1sc2nc(SCC(=O)NCCO)[nH]c2c(=O)c1C. The molecule has 0 bridgehead atoms. The highest BCUT2D eigenvalue weighted by Crippen LogP contribution is 2.23. The van der Waals surface area contributed by atoms with Gasteiger partial charge in [0.2, 0.25) is 11.3 Å². The Labute approximate surface area is 123 Å². The van der Waals surface area contributed by atoms with E-state index in [0.29, 0.717) is 15.5 Å². The van der Waals surface area contributed by atoms with Crippen molar-refractivity contribution in [1.82, 2.24) is 15.3 Å². The van der Waals surface area contributed by atoms with Crippen molar-refractivity contribution >= 4 is 39.4 Å². The predicted octanol–water partition coefficient (Wildman–Crippen LogP) is 0.802. The van der Waals surface area contributed by atoms with Crippen molar-refractivity contribution in [2.24, 2.45) is 0 Å². The van der Waals surface area contributed by atoms with Gasteiger partial charge in [-0.2, -0.15) is 0 Å². The molecule has 2 rings (SSSR count). The molecule has 0 aliphatic rings. The number of nitrogens with one attached hydrogen (secondary N) is 2. The number of carbonyl (C=O) groups excluding carboxylic acids is 1. The Bertz CT molecular complexity index is 693. The Kier molecular flexibility index (Phi) is 4.79. The molecule has 0 atom stereocenters. The molecule has 0 saturated carbocycles. The van der Waals surface area contributed by atoms with Crippen LogP contribution in [0.2, 0.25) is 0 Å². The van der Waals surface area contributed by atoms with E-state index in [1.165, 1.54) is 23.1 Å². The number of hydrogen-bond donors (Lipinski definition) is 3. The number of H-pyrrole nitrogens is 1. The largest absolute Gasteiger partial charge is 0.395 e. The van der Waals surface area contributed by atoms with Crippen LogP contribution in [-0.4, -0.2) is 39.9 Å². The summed E-state index contributed by atoms with van der Waals surface area (Å²) in [4.78, 5) is 32.4. The van der Waals surface area contributed by atoms with Crippen LogP contribution in [0.25, 0.3) is 10.3 Å². The van der Waals surface area contributed by atoms with Gasteiger partial charge in [0.05, 0.1) is 12.4 Å².